The minimum absolute atomic E-state index is 0.210. The van der Waals surface area contributed by atoms with Crippen LogP contribution in [0.5, 0.6) is 0 Å². The van der Waals surface area contributed by atoms with E-state index in [2.05, 4.69) is 4.98 Å². The van der Waals surface area contributed by atoms with E-state index in [0.29, 0.717) is 22.6 Å². The minimum Gasteiger partial charge on any atom is -0.449 e. The van der Waals surface area contributed by atoms with Crippen molar-refractivity contribution < 1.29 is 22.4 Å². The quantitative estimate of drug-likeness (QED) is 0.419. The first-order valence-electron chi connectivity index (χ1n) is 9.35. The Morgan fingerprint density at radius 2 is 1.73 bits per heavy atom. The summed E-state index contributed by atoms with van der Waals surface area (Å²) in [5, 5.41) is 0. The molecule has 0 amide bonds. The number of carbonyl (C=O) groups is 1. The first kappa shape index (κ1) is 19.8. The van der Waals surface area contributed by atoms with Crippen molar-refractivity contribution >= 4 is 26.9 Å². The third-order valence-corrected chi connectivity index (χ3v) is 6.27. The van der Waals surface area contributed by atoms with Gasteiger partial charge in [0.25, 0.3) is 0 Å². The average molecular weight is 421 g/mol. The van der Waals surface area contributed by atoms with E-state index >= 15 is 0 Å². The average Bonchev–Trinajstić information content (AvgIpc) is 3.19. The minimum atomic E-state index is -3.51. The molecule has 1 heterocycles. The predicted octanol–water partition coefficient (Wildman–Crippen LogP) is 4.72. The summed E-state index contributed by atoms with van der Waals surface area (Å²) in [7, 11) is -3.51. The highest BCUT2D eigenvalue weighted by molar-refractivity contribution is 7.90. The summed E-state index contributed by atoms with van der Waals surface area (Å²) in [4.78, 5) is 17.2. The number of para-hydroxylation sites is 2. The van der Waals surface area contributed by atoms with Crippen LogP contribution in [-0.4, -0.2) is 19.4 Å². The zero-order valence-electron chi connectivity index (χ0n) is 16.2. The van der Waals surface area contributed by atoms with Crippen LogP contribution in [0.4, 0.5) is 0 Å². The predicted molar refractivity (Wildman–Crippen MR) is 112 cm³/mol. The van der Waals surface area contributed by atoms with Gasteiger partial charge in [-0.3, -0.25) is 0 Å². The molecule has 152 valence electrons. The molecule has 0 aliphatic carbocycles. The van der Waals surface area contributed by atoms with Crippen LogP contribution in [-0.2, 0) is 20.3 Å². The summed E-state index contributed by atoms with van der Waals surface area (Å²) in [6.45, 7) is 1.67. The normalized spacial score (nSPS) is 12.6. The molecule has 0 saturated heterocycles. The van der Waals surface area contributed by atoms with Crippen LogP contribution in [0.25, 0.3) is 11.1 Å². The Balaban J connectivity index is 1.49. The van der Waals surface area contributed by atoms with Crippen molar-refractivity contribution in [3.63, 3.8) is 0 Å². The number of oxazole rings is 1. The molecule has 0 saturated carbocycles. The molecule has 7 heteroatoms. The molecule has 0 aliphatic heterocycles. The highest BCUT2D eigenvalue weighted by atomic mass is 32.2. The molecule has 0 fully saturated rings. The number of ether oxygens (including phenoxy) is 1. The summed E-state index contributed by atoms with van der Waals surface area (Å²) in [5.74, 6) is -0.491. The number of esters is 1. The number of hydrogen-bond donors (Lipinski definition) is 0. The van der Waals surface area contributed by atoms with Crippen LogP contribution in [0.1, 0.15) is 34.8 Å². The lowest BCUT2D eigenvalue weighted by Gasteiger charge is -2.11. The fourth-order valence-electron chi connectivity index (χ4n) is 3.06. The zero-order valence-corrected chi connectivity index (χ0v) is 17.0. The van der Waals surface area contributed by atoms with Crippen LogP contribution in [0.15, 0.2) is 88.2 Å². The monoisotopic (exact) mass is 421 g/mol. The maximum absolute atomic E-state index is 12.6. The Morgan fingerprint density at radius 1 is 1.00 bits per heavy atom. The molecule has 0 aliphatic rings. The topological polar surface area (TPSA) is 86.5 Å². The molecular formula is C23H19NO5S. The van der Waals surface area contributed by atoms with Gasteiger partial charge < -0.3 is 9.15 Å². The van der Waals surface area contributed by atoms with Crippen LogP contribution < -0.4 is 0 Å². The molecule has 4 rings (SSSR count). The Kier molecular flexibility index (Phi) is 5.37. The number of hydrogen-bond acceptors (Lipinski definition) is 6. The van der Waals surface area contributed by atoms with Gasteiger partial charge in [-0.15, -0.1) is 0 Å². The Hall–Kier alpha value is -3.45. The molecule has 0 radical (unpaired) electrons. The molecule has 1 aromatic heterocycles. The van der Waals surface area contributed by atoms with Crippen molar-refractivity contribution in [1.82, 2.24) is 4.98 Å². The first-order valence-corrected chi connectivity index (χ1v) is 11.0. The SMILES string of the molecule is CC(OC(=O)c1cccc(CS(=O)(=O)c2ccccc2)c1)c1nc2ccccc2o1. The van der Waals surface area contributed by atoms with E-state index in [9.17, 15) is 13.2 Å². The molecule has 4 aromatic rings. The van der Waals surface area contributed by atoms with Crippen LogP contribution in [0, 0.1) is 0 Å². The van der Waals surface area contributed by atoms with Crippen LogP contribution >= 0.6 is 0 Å². The van der Waals surface area contributed by atoms with Gasteiger partial charge in [0.15, 0.2) is 21.5 Å². The van der Waals surface area contributed by atoms with E-state index in [1.165, 1.54) is 6.07 Å². The first-order chi connectivity index (χ1) is 14.4. The summed E-state index contributed by atoms with van der Waals surface area (Å²) >= 11 is 0. The highest BCUT2D eigenvalue weighted by Gasteiger charge is 2.20. The van der Waals surface area contributed by atoms with Gasteiger partial charge in [-0.2, -0.15) is 0 Å². The van der Waals surface area contributed by atoms with E-state index in [4.69, 9.17) is 9.15 Å². The Morgan fingerprint density at radius 3 is 2.50 bits per heavy atom. The Labute approximate surface area is 174 Å². The lowest BCUT2D eigenvalue weighted by Crippen LogP contribution is -2.11. The van der Waals surface area contributed by atoms with Gasteiger partial charge in [-0.25, -0.2) is 18.2 Å². The number of fused-ring (bicyclic) bond motifs is 1. The molecule has 0 spiro atoms. The van der Waals surface area contributed by atoms with E-state index in [1.54, 1.807) is 61.5 Å². The van der Waals surface area contributed by atoms with Gasteiger partial charge in [0.1, 0.15) is 5.52 Å². The second kappa shape index (κ2) is 8.12. The molecule has 0 bridgehead atoms. The summed E-state index contributed by atoms with van der Waals surface area (Å²) in [6.07, 6.45) is -0.693. The fraction of sp³-hybridized carbons (Fsp3) is 0.130. The van der Waals surface area contributed by atoms with Gasteiger partial charge in [-0.05, 0) is 48.9 Å². The number of nitrogens with zero attached hydrogens (tertiary/aromatic N) is 1. The van der Waals surface area contributed by atoms with Gasteiger partial charge >= 0.3 is 5.97 Å². The van der Waals surface area contributed by atoms with Crippen molar-refractivity contribution in [2.45, 2.75) is 23.7 Å². The lowest BCUT2D eigenvalue weighted by atomic mass is 10.1. The molecular weight excluding hydrogens is 402 g/mol. The van der Waals surface area contributed by atoms with Crippen molar-refractivity contribution in [3.8, 4) is 0 Å². The Bertz CT molecular complexity index is 1260. The molecule has 6 nitrogen and oxygen atoms in total. The van der Waals surface area contributed by atoms with Crippen LogP contribution in [0.2, 0.25) is 0 Å². The number of aromatic nitrogens is 1. The number of rotatable bonds is 6. The summed E-state index contributed by atoms with van der Waals surface area (Å²) in [6, 6.07) is 21.9. The van der Waals surface area contributed by atoms with Gasteiger partial charge in [0, 0.05) is 0 Å². The maximum Gasteiger partial charge on any atom is 0.338 e. The van der Waals surface area contributed by atoms with Crippen LogP contribution in [0.3, 0.4) is 0 Å². The molecule has 1 unspecified atom stereocenters. The second-order valence-corrected chi connectivity index (χ2v) is 8.83. The third-order valence-electron chi connectivity index (χ3n) is 4.56. The summed E-state index contributed by atoms with van der Waals surface area (Å²) < 4.78 is 36.3. The smallest absolute Gasteiger partial charge is 0.338 e. The standard InChI is InChI=1S/C23H19NO5S/c1-16(22-24-20-12-5-6-13-21(20)29-22)28-23(25)18-9-7-8-17(14-18)15-30(26,27)19-10-3-2-4-11-19/h2-14,16H,15H2,1H3. The van der Waals surface area contributed by atoms with E-state index in [0.717, 1.165) is 0 Å². The van der Waals surface area contributed by atoms with E-state index in [-0.39, 0.29) is 16.2 Å². The van der Waals surface area contributed by atoms with Gasteiger partial charge in [0.2, 0.25) is 5.89 Å². The number of sulfone groups is 1. The maximum atomic E-state index is 12.6. The third kappa shape index (κ3) is 4.26. The summed E-state index contributed by atoms with van der Waals surface area (Å²) in [5.41, 5.74) is 2.06. The zero-order chi connectivity index (χ0) is 21.1. The van der Waals surface area contributed by atoms with Crippen molar-refractivity contribution in [2.24, 2.45) is 0 Å². The largest absolute Gasteiger partial charge is 0.449 e. The molecule has 30 heavy (non-hydrogen) atoms. The molecule has 3 aromatic carbocycles. The second-order valence-electron chi connectivity index (χ2n) is 6.84. The van der Waals surface area contributed by atoms with Crippen molar-refractivity contribution in [1.29, 1.82) is 0 Å². The van der Waals surface area contributed by atoms with Gasteiger partial charge in [0.05, 0.1) is 16.2 Å². The lowest BCUT2D eigenvalue weighted by molar-refractivity contribution is 0.0282. The number of carbonyl (C=O) groups excluding carboxylic acids is 1. The van der Waals surface area contributed by atoms with Crippen molar-refractivity contribution in [3.05, 3.63) is 95.9 Å². The fourth-order valence-corrected chi connectivity index (χ4v) is 4.42. The van der Waals surface area contributed by atoms with E-state index < -0.39 is 21.9 Å². The highest BCUT2D eigenvalue weighted by Crippen LogP contribution is 2.24. The molecule has 1 atom stereocenters. The number of benzene rings is 3. The van der Waals surface area contributed by atoms with Gasteiger partial charge in [-0.1, -0.05) is 42.5 Å². The van der Waals surface area contributed by atoms with E-state index in [1.807, 2.05) is 18.2 Å². The molecule has 0 N–H and O–H groups in total. The van der Waals surface area contributed by atoms with Crippen molar-refractivity contribution in [2.75, 3.05) is 0 Å².